The van der Waals surface area contributed by atoms with E-state index in [9.17, 15) is 26.7 Å². The Labute approximate surface area is 240 Å². The molecule has 6 rings (SSSR count). The van der Waals surface area contributed by atoms with E-state index in [1.807, 2.05) is 0 Å². The first-order chi connectivity index (χ1) is 20.3. The normalized spacial score (nSPS) is 13.8. The van der Waals surface area contributed by atoms with Crippen molar-refractivity contribution < 1.29 is 40.6 Å². The summed E-state index contributed by atoms with van der Waals surface area (Å²) >= 11 is 0. The van der Waals surface area contributed by atoms with Crippen LogP contribution < -0.4 is 14.8 Å². The van der Waals surface area contributed by atoms with Gasteiger partial charge in [0.25, 0.3) is 5.91 Å². The minimum absolute atomic E-state index is 0.0648. The predicted octanol–water partition coefficient (Wildman–Crippen LogP) is 7.18. The summed E-state index contributed by atoms with van der Waals surface area (Å²) in [5.74, 6) is -0.248. The molecule has 0 spiro atoms. The number of aryl methyl sites for hydroxylation is 2. The highest BCUT2D eigenvalue weighted by Crippen LogP contribution is 2.45. The summed E-state index contributed by atoms with van der Waals surface area (Å²) in [4.78, 5) is 20.5. The van der Waals surface area contributed by atoms with E-state index < -0.39 is 18.2 Å². The highest BCUT2D eigenvalue weighted by atomic mass is 19.4. The highest BCUT2D eigenvalue weighted by Gasteiger charge is 2.43. The maximum atomic E-state index is 13.7. The van der Waals surface area contributed by atoms with Crippen LogP contribution in [0.5, 0.6) is 11.5 Å². The lowest BCUT2D eigenvalue weighted by Crippen LogP contribution is -2.25. The number of fused-ring (bicyclic) bond motifs is 1. The third kappa shape index (κ3) is 5.17. The largest absolute Gasteiger partial charge is 0.586 e. The molecule has 1 aliphatic heterocycles. The number of rotatable bonds is 5. The summed E-state index contributed by atoms with van der Waals surface area (Å²) in [5.41, 5.74) is 1.79. The molecule has 0 bridgehead atoms. The van der Waals surface area contributed by atoms with Crippen LogP contribution in [0.1, 0.15) is 27.8 Å². The maximum absolute atomic E-state index is 13.7. The van der Waals surface area contributed by atoms with Gasteiger partial charge in [-0.2, -0.15) is 13.2 Å². The van der Waals surface area contributed by atoms with Crippen LogP contribution in [0, 0.1) is 13.8 Å². The van der Waals surface area contributed by atoms with Gasteiger partial charge in [0, 0.05) is 36.9 Å². The molecule has 0 saturated heterocycles. The summed E-state index contributed by atoms with van der Waals surface area (Å²) in [6, 6.07) is 15.9. The third-order valence-corrected chi connectivity index (χ3v) is 6.77. The van der Waals surface area contributed by atoms with Crippen molar-refractivity contribution in [2.75, 3.05) is 7.05 Å². The number of nitrogens with one attached hydrogen (secondary N) is 1. The predicted molar refractivity (Wildman–Crippen MR) is 144 cm³/mol. The van der Waals surface area contributed by atoms with Gasteiger partial charge >= 0.3 is 12.5 Å². The number of carbonyl (C=O) groups is 1. The average Bonchev–Trinajstić information content (AvgIpc) is 3.64. The number of aromatic nitrogens is 3. The van der Waals surface area contributed by atoms with Crippen LogP contribution in [0.4, 0.5) is 22.0 Å². The first-order valence-corrected chi connectivity index (χ1v) is 12.8. The Hall–Kier alpha value is -5.20. The van der Waals surface area contributed by atoms with Gasteiger partial charge in [0.2, 0.25) is 0 Å². The first kappa shape index (κ1) is 27.9. The van der Waals surface area contributed by atoms with Crippen LogP contribution in [0.3, 0.4) is 0 Å². The molecule has 220 valence electrons. The number of ether oxygens (including phenoxy) is 2. The van der Waals surface area contributed by atoms with Gasteiger partial charge in [-0.15, -0.1) is 8.78 Å². The number of alkyl halides is 5. The van der Waals surface area contributed by atoms with E-state index >= 15 is 0 Å². The monoisotopic (exact) mass is 596 g/mol. The Bertz CT molecular complexity index is 1890. The maximum Gasteiger partial charge on any atom is 0.586 e. The summed E-state index contributed by atoms with van der Waals surface area (Å²) in [6.07, 6.45) is -7.63. The van der Waals surface area contributed by atoms with E-state index in [4.69, 9.17) is 4.42 Å². The van der Waals surface area contributed by atoms with E-state index in [0.29, 0.717) is 33.5 Å². The minimum Gasteiger partial charge on any atom is -0.440 e. The second-order valence-corrected chi connectivity index (χ2v) is 9.67. The second-order valence-electron chi connectivity index (χ2n) is 9.67. The van der Waals surface area contributed by atoms with Crippen molar-refractivity contribution in [1.29, 1.82) is 0 Å². The van der Waals surface area contributed by atoms with Crippen LogP contribution in [0.15, 0.2) is 71.3 Å². The number of nitrogens with zero attached hydrogens (tertiary/aromatic N) is 3. The van der Waals surface area contributed by atoms with Gasteiger partial charge in [-0.25, -0.2) is 9.97 Å². The molecule has 1 amide bonds. The van der Waals surface area contributed by atoms with Crippen molar-refractivity contribution in [1.82, 2.24) is 19.9 Å². The summed E-state index contributed by atoms with van der Waals surface area (Å²) in [5, 5.41) is 2.57. The van der Waals surface area contributed by atoms with Gasteiger partial charge in [-0.3, -0.25) is 4.79 Å². The molecule has 3 aromatic carbocycles. The van der Waals surface area contributed by atoms with Crippen LogP contribution >= 0.6 is 0 Å². The number of oxazole rings is 1. The zero-order chi connectivity index (χ0) is 30.7. The Morgan fingerprint density at radius 2 is 1.63 bits per heavy atom. The zero-order valence-corrected chi connectivity index (χ0v) is 22.7. The summed E-state index contributed by atoms with van der Waals surface area (Å²) in [7, 11) is 1.51. The van der Waals surface area contributed by atoms with E-state index in [1.165, 1.54) is 36.7 Å². The molecular weight excluding hydrogens is 575 g/mol. The number of amides is 1. The topological polar surface area (TPSA) is 91.4 Å². The van der Waals surface area contributed by atoms with Crippen LogP contribution in [-0.2, 0) is 6.18 Å². The molecule has 0 fully saturated rings. The Morgan fingerprint density at radius 3 is 2.35 bits per heavy atom. The average molecular weight is 597 g/mol. The fourth-order valence-electron chi connectivity index (χ4n) is 4.85. The molecule has 43 heavy (non-hydrogen) atoms. The second kappa shape index (κ2) is 9.96. The highest BCUT2D eigenvalue weighted by molar-refractivity contribution is 5.95. The van der Waals surface area contributed by atoms with E-state index in [0.717, 1.165) is 6.20 Å². The lowest BCUT2D eigenvalue weighted by atomic mass is 9.97. The standard InChI is InChI=1S/C30H21F5N4O4/c1-15-37-25(29(31,32)33)14-39(15)22-9-7-18(17-5-4-6-20(11-17)28(40)36-3)12-21(22)26-27(41-16(2)38-26)19-8-10-23-24(13-19)43-30(34,35)42-23/h4-14H,1-3H3,(H,36,40). The van der Waals surface area contributed by atoms with Gasteiger partial charge in [-0.05, 0) is 60.5 Å². The summed E-state index contributed by atoms with van der Waals surface area (Å²) < 4.78 is 84.4. The first-order valence-electron chi connectivity index (χ1n) is 12.8. The van der Waals surface area contributed by atoms with Crippen molar-refractivity contribution >= 4 is 5.91 Å². The Kier molecular flexibility index (Phi) is 6.48. The number of hydrogen-bond acceptors (Lipinski definition) is 6. The molecule has 2 aromatic heterocycles. The molecule has 13 heteroatoms. The molecular formula is C30H21F5N4O4. The van der Waals surface area contributed by atoms with Crippen molar-refractivity contribution in [3.8, 4) is 50.9 Å². The van der Waals surface area contributed by atoms with Crippen molar-refractivity contribution in [3.63, 3.8) is 0 Å². The van der Waals surface area contributed by atoms with Crippen molar-refractivity contribution in [2.45, 2.75) is 26.3 Å². The quantitative estimate of drug-likeness (QED) is 0.216. The van der Waals surface area contributed by atoms with E-state index in [1.54, 1.807) is 49.4 Å². The molecule has 3 heterocycles. The third-order valence-electron chi connectivity index (χ3n) is 6.77. The molecule has 0 radical (unpaired) electrons. The zero-order valence-electron chi connectivity index (χ0n) is 22.7. The van der Waals surface area contributed by atoms with Gasteiger partial charge < -0.3 is 23.8 Å². The molecule has 0 atom stereocenters. The van der Waals surface area contributed by atoms with E-state index in [2.05, 4.69) is 24.8 Å². The number of benzene rings is 3. The SMILES string of the molecule is CNC(=O)c1cccc(-c2ccc(-n3cc(C(F)(F)F)nc3C)c(-c3nc(C)oc3-c3ccc4c(c3)OC(F)(F)O4)c2)c1. The number of imidazole rings is 1. The number of carbonyl (C=O) groups excluding carboxylic acids is 1. The minimum atomic E-state index is -4.68. The fraction of sp³-hybridized carbons (Fsp3) is 0.167. The van der Waals surface area contributed by atoms with Gasteiger partial charge in [0.1, 0.15) is 11.5 Å². The molecule has 5 aromatic rings. The van der Waals surface area contributed by atoms with Gasteiger partial charge in [0.15, 0.2) is 28.8 Å². The molecule has 8 nitrogen and oxygen atoms in total. The van der Waals surface area contributed by atoms with Crippen molar-refractivity contribution in [3.05, 3.63) is 89.8 Å². The van der Waals surface area contributed by atoms with Crippen LogP contribution in [0.25, 0.3) is 39.4 Å². The van der Waals surface area contributed by atoms with Crippen molar-refractivity contribution in [2.24, 2.45) is 0 Å². The molecule has 1 aliphatic rings. The van der Waals surface area contributed by atoms with E-state index in [-0.39, 0.29) is 40.6 Å². The summed E-state index contributed by atoms with van der Waals surface area (Å²) in [6.45, 7) is 3.02. The lowest BCUT2D eigenvalue weighted by molar-refractivity contribution is -0.286. The fourth-order valence-corrected chi connectivity index (χ4v) is 4.85. The number of halogens is 5. The molecule has 0 unspecified atom stereocenters. The number of hydrogen-bond donors (Lipinski definition) is 1. The smallest absolute Gasteiger partial charge is 0.440 e. The Balaban J connectivity index is 1.56. The molecule has 0 aliphatic carbocycles. The molecule has 0 saturated carbocycles. The van der Waals surface area contributed by atoms with Gasteiger partial charge in [-0.1, -0.05) is 18.2 Å². The molecule has 1 N–H and O–H groups in total. The van der Waals surface area contributed by atoms with Crippen LogP contribution in [0.2, 0.25) is 0 Å². The van der Waals surface area contributed by atoms with Gasteiger partial charge in [0.05, 0.1) is 5.69 Å². The Morgan fingerprint density at radius 1 is 0.907 bits per heavy atom. The van der Waals surface area contributed by atoms with Crippen LogP contribution in [-0.4, -0.2) is 33.8 Å². The lowest BCUT2D eigenvalue weighted by Gasteiger charge is -2.14.